The molecule has 3 heteroatoms. The summed E-state index contributed by atoms with van der Waals surface area (Å²) >= 11 is 0. The number of hydrogen-bond donors (Lipinski definition) is 1. The van der Waals surface area contributed by atoms with Crippen molar-refractivity contribution in [3.63, 3.8) is 0 Å². The van der Waals surface area contributed by atoms with Gasteiger partial charge in [-0.15, -0.1) is 0 Å². The molecule has 0 aromatic carbocycles. The van der Waals surface area contributed by atoms with E-state index in [1.54, 1.807) is 13.0 Å². The smallest absolute Gasteiger partial charge is 0.341 e. The van der Waals surface area contributed by atoms with Crippen LogP contribution in [0.3, 0.4) is 0 Å². The average molecular weight is 210 g/mol. The van der Waals surface area contributed by atoms with E-state index in [1.165, 1.54) is 0 Å². The monoisotopic (exact) mass is 210 g/mol. The number of aliphatic hydroxyl groups excluding tert-OH is 1. The summed E-state index contributed by atoms with van der Waals surface area (Å²) in [6.07, 6.45) is 4.17. The van der Waals surface area contributed by atoms with Crippen LogP contribution in [-0.4, -0.2) is 17.7 Å². The van der Waals surface area contributed by atoms with Crippen molar-refractivity contribution >= 4 is 5.97 Å². The predicted octanol–water partition coefficient (Wildman–Crippen LogP) is 2.59. The molecule has 0 aromatic rings. The Morgan fingerprint density at radius 3 is 2.80 bits per heavy atom. The van der Waals surface area contributed by atoms with E-state index in [-0.39, 0.29) is 5.76 Å². The molecule has 1 rings (SSSR count). The van der Waals surface area contributed by atoms with Crippen molar-refractivity contribution in [1.82, 2.24) is 0 Å². The summed E-state index contributed by atoms with van der Waals surface area (Å²) < 4.78 is 4.84. The molecule has 1 unspecified atom stereocenters. The zero-order valence-electron chi connectivity index (χ0n) is 9.49. The third-order valence-electron chi connectivity index (χ3n) is 2.60. The molecule has 0 aromatic heterocycles. The molecule has 0 fully saturated rings. The number of carbonyl (C=O) groups excluding carboxylic acids is 1. The first-order valence-electron chi connectivity index (χ1n) is 5.33. The van der Waals surface area contributed by atoms with Crippen LogP contribution in [0.1, 0.15) is 27.2 Å². The average Bonchev–Trinajstić information content (AvgIpc) is 2.17. The van der Waals surface area contributed by atoms with Crippen LogP contribution in [0.25, 0.3) is 0 Å². The number of hydrogen-bond acceptors (Lipinski definition) is 3. The van der Waals surface area contributed by atoms with Crippen molar-refractivity contribution in [3.8, 4) is 0 Å². The van der Waals surface area contributed by atoms with Gasteiger partial charge in [-0.2, -0.15) is 0 Å². The Morgan fingerprint density at radius 2 is 2.33 bits per heavy atom. The van der Waals surface area contributed by atoms with Crippen molar-refractivity contribution in [2.24, 2.45) is 11.8 Å². The lowest BCUT2D eigenvalue weighted by Crippen LogP contribution is -2.16. The molecule has 0 spiro atoms. The van der Waals surface area contributed by atoms with Crippen molar-refractivity contribution in [2.45, 2.75) is 27.2 Å². The van der Waals surface area contributed by atoms with Crippen molar-refractivity contribution in [2.75, 3.05) is 6.61 Å². The van der Waals surface area contributed by atoms with Gasteiger partial charge in [-0.05, 0) is 24.8 Å². The number of ether oxygens (including phenoxy) is 1. The minimum atomic E-state index is -0.437. The Hall–Kier alpha value is -1.25. The Kier molecular flexibility index (Phi) is 3.95. The predicted molar refractivity (Wildman–Crippen MR) is 58.4 cm³/mol. The van der Waals surface area contributed by atoms with Crippen LogP contribution in [0.2, 0.25) is 0 Å². The van der Waals surface area contributed by atoms with Gasteiger partial charge in [0.05, 0.1) is 12.2 Å². The van der Waals surface area contributed by atoms with Crippen LogP contribution < -0.4 is 0 Å². The molecule has 84 valence electrons. The fraction of sp³-hybridized carbons (Fsp3) is 0.583. The summed E-state index contributed by atoms with van der Waals surface area (Å²) in [7, 11) is 0. The molecular formula is C12H18O3. The van der Waals surface area contributed by atoms with Crippen LogP contribution in [-0.2, 0) is 9.53 Å². The molecule has 1 N–H and O–H groups in total. The van der Waals surface area contributed by atoms with E-state index < -0.39 is 5.97 Å². The van der Waals surface area contributed by atoms with Gasteiger partial charge in [-0.1, -0.05) is 19.9 Å². The summed E-state index contributed by atoms with van der Waals surface area (Å²) in [5.74, 6) is 0.485. The van der Waals surface area contributed by atoms with Gasteiger partial charge < -0.3 is 9.84 Å². The summed E-state index contributed by atoms with van der Waals surface area (Å²) in [4.78, 5) is 11.4. The molecule has 0 saturated heterocycles. The van der Waals surface area contributed by atoms with Gasteiger partial charge in [0.25, 0.3) is 0 Å². The van der Waals surface area contributed by atoms with Crippen LogP contribution in [0.4, 0.5) is 0 Å². The highest BCUT2D eigenvalue weighted by Gasteiger charge is 2.22. The summed E-state index contributed by atoms with van der Waals surface area (Å²) in [6.45, 7) is 6.27. The number of carbonyl (C=O) groups is 1. The van der Waals surface area contributed by atoms with Gasteiger partial charge in [0, 0.05) is 6.42 Å². The molecule has 0 bridgehead atoms. The number of rotatable bonds is 3. The quantitative estimate of drug-likeness (QED) is 0.728. The molecule has 1 aliphatic carbocycles. The zero-order valence-corrected chi connectivity index (χ0v) is 9.49. The number of esters is 1. The highest BCUT2D eigenvalue weighted by atomic mass is 16.5. The van der Waals surface area contributed by atoms with Gasteiger partial charge in [0.1, 0.15) is 5.76 Å². The molecule has 0 radical (unpaired) electrons. The van der Waals surface area contributed by atoms with Crippen LogP contribution in [0.5, 0.6) is 0 Å². The fourth-order valence-electron chi connectivity index (χ4n) is 1.57. The molecule has 3 nitrogen and oxygen atoms in total. The van der Waals surface area contributed by atoms with E-state index >= 15 is 0 Å². The third-order valence-corrected chi connectivity index (χ3v) is 2.60. The summed E-state index contributed by atoms with van der Waals surface area (Å²) in [5, 5.41) is 9.71. The molecule has 1 atom stereocenters. The highest BCUT2D eigenvalue weighted by Crippen LogP contribution is 2.27. The van der Waals surface area contributed by atoms with E-state index in [0.717, 1.165) is 0 Å². The Labute approximate surface area is 90.4 Å². The maximum atomic E-state index is 11.4. The summed E-state index contributed by atoms with van der Waals surface area (Å²) in [6, 6.07) is 0. The molecule has 1 aliphatic rings. The van der Waals surface area contributed by atoms with Gasteiger partial charge >= 0.3 is 5.97 Å². The second-order valence-corrected chi connectivity index (χ2v) is 4.05. The molecule has 0 heterocycles. The summed E-state index contributed by atoms with van der Waals surface area (Å²) in [5.41, 5.74) is 0.300. The van der Waals surface area contributed by atoms with E-state index in [2.05, 4.69) is 13.8 Å². The van der Waals surface area contributed by atoms with E-state index in [0.29, 0.717) is 30.4 Å². The molecule has 0 amide bonds. The van der Waals surface area contributed by atoms with Crippen molar-refractivity contribution in [1.29, 1.82) is 0 Å². The maximum Gasteiger partial charge on any atom is 0.341 e. The minimum Gasteiger partial charge on any atom is -0.511 e. The first-order valence-corrected chi connectivity index (χ1v) is 5.33. The van der Waals surface area contributed by atoms with Gasteiger partial charge in [0.2, 0.25) is 0 Å². The van der Waals surface area contributed by atoms with E-state index in [4.69, 9.17) is 4.74 Å². The van der Waals surface area contributed by atoms with E-state index in [9.17, 15) is 9.90 Å². The van der Waals surface area contributed by atoms with Crippen LogP contribution >= 0.6 is 0 Å². The lowest BCUT2D eigenvalue weighted by atomic mass is 9.86. The van der Waals surface area contributed by atoms with Gasteiger partial charge in [0.15, 0.2) is 0 Å². The SMILES string of the molecule is CCOC(=O)C1=C(O)CC(C(C)C)C=C1. The minimum absolute atomic E-state index is 0.148. The topological polar surface area (TPSA) is 46.5 Å². The molecule has 15 heavy (non-hydrogen) atoms. The highest BCUT2D eigenvalue weighted by molar-refractivity contribution is 5.92. The Balaban J connectivity index is 2.74. The fourth-order valence-corrected chi connectivity index (χ4v) is 1.57. The Morgan fingerprint density at radius 1 is 1.67 bits per heavy atom. The molecule has 0 aliphatic heterocycles. The first kappa shape index (κ1) is 11.8. The maximum absolute atomic E-state index is 11.4. The van der Waals surface area contributed by atoms with Crippen molar-refractivity contribution < 1.29 is 14.6 Å². The second-order valence-electron chi connectivity index (χ2n) is 4.05. The van der Waals surface area contributed by atoms with Gasteiger partial charge in [-0.25, -0.2) is 4.79 Å². The Bertz CT molecular complexity index is 300. The van der Waals surface area contributed by atoms with Gasteiger partial charge in [-0.3, -0.25) is 0 Å². The third kappa shape index (κ3) is 2.85. The number of allylic oxidation sites excluding steroid dienone is 2. The normalized spacial score (nSPS) is 20.9. The number of aliphatic hydroxyl groups is 1. The van der Waals surface area contributed by atoms with E-state index in [1.807, 2.05) is 6.08 Å². The lowest BCUT2D eigenvalue weighted by Gasteiger charge is -2.21. The largest absolute Gasteiger partial charge is 0.511 e. The van der Waals surface area contributed by atoms with Crippen LogP contribution in [0, 0.1) is 11.8 Å². The molecule has 0 saturated carbocycles. The van der Waals surface area contributed by atoms with Crippen LogP contribution in [0.15, 0.2) is 23.5 Å². The molecular weight excluding hydrogens is 192 g/mol. The standard InChI is InChI=1S/C12H18O3/c1-4-15-12(14)10-6-5-9(8(2)3)7-11(10)13/h5-6,8-9,13H,4,7H2,1-3H3. The second kappa shape index (κ2) is 5.01. The first-order chi connectivity index (χ1) is 7.06. The lowest BCUT2D eigenvalue weighted by molar-refractivity contribution is -0.138. The zero-order chi connectivity index (χ0) is 11.4. The van der Waals surface area contributed by atoms with Crippen molar-refractivity contribution in [3.05, 3.63) is 23.5 Å².